The van der Waals surface area contributed by atoms with Gasteiger partial charge in [-0.2, -0.15) is 0 Å². The zero-order chi connectivity index (χ0) is 13.1. The highest BCUT2D eigenvalue weighted by Crippen LogP contribution is 2.27. The predicted octanol–water partition coefficient (Wildman–Crippen LogP) is 3.60. The van der Waals surface area contributed by atoms with Gasteiger partial charge in [-0.15, -0.1) is 11.6 Å². The number of alkyl halides is 1. The molecule has 0 spiro atoms. The van der Waals surface area contributed by atoms with Crippen LogP contribution in [0.2, 0.25) is 0 Å². The van der Waals surface area contributed by atoms with Gasteiger partial charge in [-0.3, -0.25) is 4.79 Å². The molecule has 0 N–H and O–H groups in total. The molecule has 1 aliphatic rings. The molecule has 1 atom stereocenters. The van der Waals surface area contributed by atoms with Crippen LogP contribution in [-0.2, 0) is 4.79 Å². The van der Waals surface area contributed by atoms with Gasteiger partial charge in [0.15, 0.2) is 0 Å². The molecule has 1 fully saturated rings. The fourth-order valence-electron chi connectivity index (χ4n) is 2.52. The van der Waals surface area contributed by atoms with E-state index in [1.807, 2.05) is 30.9 Å². The molecule has 0 aliphatic carbocycles. The number of hydrogen-bond acceptors (Lipinski definition) is 1. The molecule has 1 heterocycles. The summed E-state index contributed by atoms with van der Waals surface area (Å²) in [5, 5.41) is -0.538. The molecule has 1 amide bonds. The highest BCUT2D eigenvalue weighted by atomic mass is 35.5. The molecule has 1 aromatic rings. The number of hydrogen-bond donors (Lipinski definition) is 0. The summed E-state index contributed by atoms with van der Waals surface area (Å²) in [7, 11) is 0. The number of nitrogens with zero attached hydrogens (tertiary/aromatic N) is 1. The number of carbonyl (C=O) groups is 1. The van der Waals surface area contributed by atoms with Gasteiger partial charge in [-0.1, -0.05) is 23.8 Å². The Kier molecular flexibility index (Phi) is 4.28. The molecule has 0 bridgehead atoms. The third-order valence-corrected chi connectivity index (χ3v) is 4.00. The minimum Gasteiger partial charge on any atom is -0.341 e. The van der Waals surface area contributed by atoms with E-state index in [1.54, 1.807) is 0 Å². The van der Waals surface area contributed by atoms with E-state index in [-0.39, 0.29) is 5.91 Å². The Bertz CT molecular complexity index is 438. The highest BCUT2D eigenvalue weighted by Gasteiger charge is 2.25. The third-order valence-electron chi connectivity index (χ3n) is 3.58. The number of rotatable bonds is 2. The van der Waals surface area contributed by atoms with Crippen molar-refractivity contribution >= 4 is 17.5 Å². The lowest BCUT2D eigenvalue weighted by atomic mass is 10.0. The average molecular weight is 266 g/mol. The van der Waals surface area contributed by atoms with Crippen molar-refractivity contribution in [2.45, 2.75) is 38.5 Å². The summed E-state index contributed by atoms with van der Waals surface area (Å²) in [4.78, 5) is 14.2. The topological polar surface area (TPSA) is 20.3 Å². The number of aryl methyl sites for hydroxylation is 2. The molecule has 98 valence electrons. The third kappa shape index (κ3) is 2.86. The van der Waals surface area contributed by atoms with Crippen LogP contribution in [0.15, 0.2) is 18.2 Å². The maximum Gasteiger partial charge on any atom is 0.245 e. The predicted molar refractivity (Wildman–Crippen MR) is 74.9 cm³/mol. The van der Waals surface area contributed by atoms with Crippen molar-refractivity contribution < 1.29 is 4.79 Å². The molecule has 18 heavy (non-hydrogen) atoms. The largest absolute Gasteiger partial charge is 0.341 e. The molecule has 1 saturated heterocycles. The van der Waals surface area contributed by atoms with Crippen molar-refractivity contribution in [2.75, 3.05) is 13.1 Å². The fraction of sp³-hybridized carbons (Fsp3) is 0.533. The van der Waals surface area contributed by atoms with Gasteiger partial charge in [0.1, 0.15) is 5.38 Å². The molecule has 0 saturated carbocycles. The molecular formula is C15H20ClNO. The summed E-state index contributed by atoms with van der Waals surface area (Å²) in [6.45, 7) is 5.77. The van der Waals surface area contributed by atoms with E-state index in [0.29, 0.717) is 0 Å². The number of benzene rings is 1. The van der Waals surface area contributed by atoms with Crippen LogP contribution >= 0.6 is 11.6 Å². The Morgan fingerprint density at radius 2 is 1.89 bits per heavy atom. The quantitative estimate of drug-likeness (QED) is 0.749. The van der Waals surface area contributed by atoms with Crippen molar-refractivity contribution in [2.24, 2.45) is 0 Å². The van der Waals surface area contributed by atoms with E-state index < -0.39 is 5.38 Å². The normalized spacial score (nSPS) is 17.6. The van der Waals surface area contributed by atoms with Crippen molar-refractivity contribution in [3.8, 4) is 0 Å². The van der Waals surface area contributed by atoms with Gasteiger partial charge in [0.05, 0.1) is 0 Å². The van der Waals surface area contributed by atoms with E-state index in [1.165, 1.54) is 12.0 Å². The first-order chi connectivity index (χ1) is 8.59. The number of carbonyl (C=O) groups excluding carboxylic acids is 1. The Morgan fingerprint density at radius 3 is 2.50 bits per heavy atom. The fourth-order valence-corrected chi connectivity index (χ4v) is 2.90. The van der Waals surface area contributed by atoms with Gasteiger partial charge in [0.25, 0.3) is 0 Å². The lowest BCUT2D eigenvalue weighted by Crippen LogP contribution is -2.37. The van der Waals surface area contributed by atoms with Crippen LogP contribution in [0.4, 0.5) is 0 Å². The molecule has 1 aromatic carbocycles. The van der Waals surface area contributed by atoms with Gasteiger partial charge in [-0.25, -0.2) is 0 Å². The lowest BCUT2D eigenvalue weighted by Gasteiger charge is -2.29. The maximum atomic E-state index is 12.3. The molecule has 2 rings (SSSR count). The van der Waals surface area contributed by atoms with Crippen LogP contribution < -0.4 is 0 Å². The summed E-state index contributed by atoms with van der Waals surface area (Å²) in [5.74, 6) is 0.0586. The minimum atomic E-state index is -0.538. The Hall–Kier alpha value is -1.02. The molecule has 1 unspecified atom stereocenters. The zero-order valence-corrected chi connectivity index (χ0v) is 11.8. The van der Waals surface area contributed by atoms with E-state index in [9.17, 15) is 4.79 Å². The molecule has 0 aromatic heterocycles. The number of halogens is 1. The van der Waals surface area contributed by atoms with E-state index in [4.69, 9.17) is 11.6 Å². The van der Waals surface area contributed by atoms with Crippen LogP contribution in [0.25, 0.3) is 0 Å². The van der Waals surface area contributed by atoms with Gasteiger partial charge in [0, 0.05) is 13.1 Å². The van der Waals surface area contributed by atoms with Crippen molar-refractivity contribution in [3.05, 3.63) is 34.9 Å². The van der Waals surface area contributed by atoms with E-state index in [0.717, 1.165) is 37.1 Å². The van der Waals surface area contributed by atoms with E-state index in [2.05, 4.69) is 6.07 Å². The van der Waals surface area contributed by atoms with Gasteiger partial charge < -0.3 is 4.90 Å². The monoisotopic (exact) mass is 265 g/mol. The summed E-state index contributed by atoms with van der Waals surface area (Å²) in [5.41, 5.74) is 3.24. The Labute approximate surface area is 114 Å². The average Bonchev–Trinajstić information content (AvgIpc) is 2.38. The van der Waals surface area contributed by atoms with E-state index >= 15 is 0 Å². The second kappa shape index (κ2) is 5.75. The van der Waals surface area contributed by atoms with Crippen LogP contribution in [-0.4, -0.2) is 23.9 Å². The summed E-state index contributed by atoms with van der Waals surface area (Å²) >= 11 is 6.36. The standard InChI is InChI=1S/C15H20ClNO/c1-11-6-7-13(12(2)10-11)14(16)15(18)17-8-4-3-5-9-17/h6-7,10,14H,3-5,8-9H2,1-2H3. The second-order valence-electron chi connectivity index (χ2n) is 5.11. The molecule has 1 aliphatic heterocycles. The molecule has 2 nitrogen and oxygen atoms in total. The first-order valence-electron chi connectivity index (χ1n) is 6.59. The SMILES string of the molecule is Cc1ccc(C(Cl)C(=O)N2CCCCC2)c(C)c1. The molecule has 3 heteroatoms. The Morgan fingerprint density at radius 1 is 1.22 bits per heavy atom. The molecular weight excluding hydrogens is 246 g/mol. The number of piperidine rings is 1. The maximum absolute atomic E-state index is 12.3. The van der Waals surface area contributed by atoms with Gasteiger partial charge in [0.2, 0.25) is 5.91 Å². The highest BCUT2D eigenvalue weighted by molar-refractivity contribution is 6.30. The van der Waals surface area contributed by atoms with Crippen molar-refractivity contribution in [1.82, 2.24) is 4.90 Å². The van der Waals surface area contributed by atoms with Gasteiger partial charge >= 0.3 is 0 Å². The van der Waals surface area contributed by atoms with Crippen LogP contribution in [0.3, 0.4) is 0 Å². The van der Waals surface area contributed by atoms with Crippen molar-refractivity contribution in [3.63, 3.8) is 0 Å². The summed E-state index contributed by atoms with van der Waals surface area (Å²) in [6, 6.07) is 6.07. The zero-order valence-electron chi connectivity index (χ0n) is 11.1. The smallest absolute Gasteiger partial charge is 0.245 e. The lowest BCUT2D eigenvalue weighted by molar-refractivity contribution is -0.131. The van der Waals surface area contributed by atoms with Crippen LogP contribution in [0.1, 0.15) is 41.3 Å². The second-order valence-corrected chi connectivity index (χ2v) is 5.54. The Balaban J connectivity index is 2.14. The first kappa shape index (κ1) is 13.4. The number of likely N-dealkylation sites (tertiary alicyclic amines) is 1. The summed E-state index contributed by atoms with van der Waals surface area (Å²) < 4.78 is 0. The summed E-state index contributed by atoms with van der Waals surface area (Å²) in [6.07, 6.45) is 3.42. The van der Waals surface area contributed by atoms with Crippen LogP contribution in [0, 0.1) is 13.8 Å². The van der Waals surface area contributed by atoms with Gasteiger partial charge in [-0.05, 0) is 44.2 Å². The van der Waals surface area contributed by atoms with Crippen molar-refractivity contribution in [1.29, 1.82) is 0 Å². The minimum absolute atomic E-state index is 0.0586. The van der Waals surface area contributed by atoms with Crippen LogP contribution in [0.5, 0.6) is 0 Å². The first-order valence-corrected chi connectivity index (χ1v) is 7.03. The number of amides is 1. The molecule has 0 radical (unpaired) electrons.